The number of benzene rings is 1. The molecule has 4 amide bonds. The molecule has 0 spiro atoms. The Hall–Kier alpha value is -1.69. The lowest BCUT2D eigenvalue weighted by Gasteiger charge is -2.13. The number of amides is 4. The summed E-state index contributed by atoms with van der Waals surface area (Å²) >= 11 is 0.889. The average Bonchev–Trinajstić information content (AvgIpc) is 2.15. The van der Waals surface area contributed by atoms with Gasteiger partial charge in [0.15, 0.2) is 0 Å². The summed E-state index contributed by atoms with van der Waals surface area (Å²) in [5.41, 5.74) is 9.90. The van der Waals surface area contributed by atoms with E-state index in [1.165, 1.54) is 0 Å². The number of nitrogens with two attached hydrogens (primary N) is 2. The normalized spacial score (nSPS) is 9.43. The Morgan fingerprint density at radius 2 is 1.57 bits per heavy atom. The van der Waals surface area contributed by atoms with Gasteiger partial charge in [-0.25, -0.2) is 9.59 Å². The summed E-state index contributed by atoms with van der Waals surface area (Å²) in [6, 6.07) is 7.10. The quantitative estimate of drug-likeness (QED) is 0.719. The van der Waals surface area contributed by atoms with Crippen molar-refractivity contribution in [3.8, 4) is 0 Å². The first kappa shape index (κ1) is 10.4. The standard InChI is InChI=1S/C8H9N3O2S/c9-7(12)11(8(10)13)14-6-4-2-1-3-5-6/h1-5H,(H2,9,12)(H2,10,13). The zero-order valence-electron chi connectivity index (χ0n) is 7.21. The van der Waals surface area contributed by atoms with Gasteiger partial charge in [-0.15, -0.1) is 0 Å². The van der Waals surface area contributed by atoms with Crippen LogP contribution in [0, 0.1) is 0 Å². The van der Waals surface area contributed by atoms with Crippen molar-refractivity contribution in [2.75, 3.05) is 0 Å². The third-order valence-electron chi connectivity index (χ3n) is 1.34. The fourth-order valence-corrected chi connectivity index (χ4v) is 1.45. The van der Waals surface area contributed by atoms with Gasteiger partial charge in [0.2, 0.25) is 0 Å². The van der Waals surface area contributed by atoms with Crippen LogP contribution in [0.15, 0.2) is 35.2 Å². The summed E-state index contributed by atoms with van der Waals surface area (Å²) in [6.07, 6.45) is 0. The van der Waals surface area contributed by atoms with Crippen LogP contribution in [-0.2, 0) is 0 Å². The number of hydrogen-bond acceptors (Lipinski definition) is 3. The molecule has 0 aromatic heterocycles. The summed E-state index contributed by atoms with van der Waals surface area (Å²) < 4.78 is 0.690. The van der Waals surface area contributed by atoms with Gasteiger partial charge in [0, 0.05) is 16.8 Å². The Balaban J connectivity index is 2.75. The van der Waals surface area contributed by atoms with Crippen molar-refractivity contribution in [3.05, 3.63) is 30.3 Å². The molecule has 0 saturated carbocycles. The Kier molecular flexibility index (Phi) is 3.35. The number of nitrogens with zero attached hydrogens (tertiary/aromatic N) is 1. The van der Waals surface area contributed by atoms with E-state index in [1.807, 2.05) is 6.07 Å². The molecule has 14 heavy (non-hydrogen) atoms. The molecule has 0 heterocycles. The van der Waals surface area contributed by atoms with Crippen LogP contribution in [0.5, 0.6) is 0 Å². The van der Waals surface area contributed by atoms with Crippen molar-refractivity contribution in [2.24, 2.45) is 11.5 Å². The van der Waals surface area contributed by atoms with Crippen LogP contribution < -0.4 is 11.5 Å². The fraction of sp³-hybridized carbons (Fsp3) is 0. The monoisotopic (exact) mass is 211 g/mol. The molecule has 74 valence electrons. The molecule has 0 bridgehead atoms. The summed E-state index contributed by atoms with van der Waals surface area (Å²) in [6.45, 7) is 0. The Labute approximate surface area is 85.2 Å². The third-order valence-corrected chi connectivity index (χ3v) is 2.37. The smallest absolute Gasteiger partial charge is 0.333 e. The highest BCUT2D eigenvalue weighted by atomic mass is 32.2. The topological polar surface area (TPSA) is 89.4 Å². The SMILES string of the molecule is NC(=O)N(Sc1ccccc1)C(N)=O. The van der Waals surface area contributed by atoms with Gasteiger partial charge in [-0.3, -0.25) is 0 Å². The van der Waals surface area contributed by atoms with Crippen molar-refractivity contribution in [2.45, 2.75) is 4.90 Å². The summed E-state index contributed by atoms with van der Waals surface area (Å²) in [4.78, 5) is 22.3. The van der Waals surface area contributed by atoms with Crippen LogP contribution in [0.1, 0.15) is 0 Å². The second-order valence-electron chi connectivity index (χ2n) is 2.38. The van der Waals surface area contributed by atoms with E-state index in [0.29, 0.717) is 9.20 Å². The van der Waals surface area contributed by atoms with Gasteiger partial charge < -0.3 is 11.5 Å². The first-order valence-electron chi connectivity index (χ1n) is 3.73. The molecule has 0 aliphatic rings. The summed E-state index contributed by atoms with van der Waals surface area (Å²) in [5, 5.41) is 0. The lowest BCUT2D eigenvalue weighted by atomic mass is 10.4. The van der Waals surface area contributed by atoms with Crippen LogP contribution >= 0.6 is 11.9 Å². The molecular formula is C8H9N3O2S. The minimum Gasteiger partial charge on any atom is -0.350 e. The molecule has 4 N–H and O–H groups in total. The summed E-state index contributed by atoms with van der Waals surface area (Å²) in [7, 11) is 0. The molecule has 0 saturated heterocycles. The Morgan fingerprint density at radius 3 is 2.00 bits per heavy atom. The van der Waals surface area contributed by atoms with Crippen molar-refractivity contribution < 1.29 is 9.59 Å². The average molecular weight is 211 g/mol. The number of carbonyl (C=O) groups is 2. The van der Waals surface area contributed by atoms with Crippen LogP contribution in [-0.4, -0.2) is 16.4 Å². The Morgan fingerprint density at radius 1 is 1.07 bits per heavy atom. The third kappa shape index (κ3) is 2.67. The number of primary amides is 2. The van der Waals surface area contributed by atoms with E-state index in [0.717, 1.165) is 11.9 Å². The van der Waals surface area contributed by atoms with Crippen molar-refractivity contribution in [3.63, 3.8) is 0 Å². The number of urea groups is 2. The van der Waals surface area contributed by atoms with Gasteiger partial charge in [-0.05, 0) is 12.1 Å². The Bertz CT molecular complexity index is 328. The van der Waals surface area contributed by atoms with Crippen LogP contribution in [0.2, 0.25) is 0 Å². The molecule has 5 nitrogen and oxygen atoms in total. The van der Waals surface area contributed by atoms with Crippen LogP contribution in [0.25, 0.3) is 0 Å². The first-order chi connectivity index (χ1) is 6.61. The van der Waals surface area contributed by atoms with E-state index in [-0.39, 0.29) is 0 Å². The van der Waals surface area contributed by atoms with Gasteiger partial charge in [0.05, 0.1) is 0 Å². The molecule has 1 aromatic rings. The van der Waals surface area contributed by atoms with E-state index < -0.39 is 12.1 Å². The number of carbonyl (C=O) groups excluding carboxylic acids is 2. The molecule has 0 aliphatic heterocycles. The number of hydrogen-bond donors (Lipinski definition) is 2. The van der Waals surface area contributed by atoms with Crippen molar-refractivity contribution in [1.82, 2.24) is 4.31 Å². The number of imide groups is 1. The highest BCUT2D eigenvalue weighted by Crippen LogP contribution is 2.21. The lowest BCUT2D eigenvalue weighted by molar-refractivity contribution is 0.221. The molecule has 6 heteroatoms. The maximum Gasteiger partial charge on any atom is 0.333 e. The molecule has 0 radical (unpaired) electrons. The fourth-order valence-electron chi connectivity index (χ4n) is 0.785. The molecule has 0 fully saturated rings. The van der Waals surface area contributed by atoms with E-state index in [1.54, 1.807) is 24.3 Å². The maximum atomic E-state index is 10.8. The van der Waals surface area contributed by atoms with Gasteiger partial charge in [-0.2, -0.15) is 4.31 Å². The lowest BCUT2D eigenvalue weighted by Crippen LogP contribution is -2.38. The number of rotatable bonds is 2. The minimum atomic E-state index is -0.883. The first-order valence-corrected chi connectivity index (χ1v) is 4.50. The molecule has 0 aliphatic carbocycles. The van der Waals surface area contributed by atoms with Gasteiger partial charge in [0.25, 0.3) is 0 Å². The van der Waals surface area contributed by atoms with E-state index in [4.69, 9.17) is 11.5 Å². The van der Waals surface area contributed by atoms with Crippen molar-refractivity contribution in [1.29, 1.82) is 0 Å². The highest BCUT2D eigenvalue weighted by Gasteiger charge is 2.16. The largest absolute Gasteiger partial charge is 0.350 e. The maximum absolute atomic E-state index is 10.8. The molecule has 1 aromatic carbocycles. The molecule has 1 rings (SSSR count). The summed E-state index contributed by atoms with van der Waals surface area (Å²) in [5.74, 6) is 0. The van der Waals surface area contributed by atoms with Crippen LogP contribution in [0.3, 0.4) is 0 Å². The predicted molar refractivity (Wildman–Crippen MR) is 53.3 cm³/mol. The minimum absolute atomic E-state index is 0.690. The second-order valence-corrected chi connectivity index (χ2v) is 3.39. The highest BCUT2D eigenvalue weighted by molar-refractivity contribution is 7.98. The van der Waals surface area contributed by atoms with E-state index >= 15 is 0 Å². The van der Waals surface area contributed by atoms with E-state index in [9.17, 15) is 9.59 Å². The molecular weight excluding hydrogens is 202 g/mol. The zero-order chi connectivity index (χ0) is 10.6. The van der Waals surface area contributed by atoms with E-state index in [2.05, 4.69) is 0 Å². The van der Waals surface area contributed by atoms with Gasteiger partial charge in [-0.1, -0.05) is 18.2 Å². The van der Waals surface area contributed by atoms with Gasteiger partial charge in [0.1, 0.15) is 0 Å². The molecule has 0 unspecified atom stereocenters. The van der Waals surface area contributed by atoms with Crippen LogP contribution in [0.4, 0.5) is 9.59 Å². The second kappa shape index (κ2) is 4.52. The van der Waals surface area contributed by atoms with Gasteiger partial charge >= 0.3 is 12.1 Å². The molecule has 0 atom stereocenters. The predicted octanol–water partition coefficient (Wildman–Crippen LogP) is 1.15. The van der Waals surface area contributed by atoms with Crippen molar-refractivity contribution >= 4 is 24.0 Å². The zero-order valence-corrected chi connectivity index (χ0v) is 8.03.